The van der Waals surface area contributed by atoms with Gasteiger partial charge in [0.05, 0.1) is 12.5 Å². The Morgan fingerprint density at radius 1 is 1.18 bits per heavy atom. The maximum atomic E-state index is 11.4. The van der Waals surface area contributed by atoms with Crippen LogP contribution in [0.3, 0.4) is 0 Å². The average Bonchev–Trinajstić information content (AvgIpc) is 3.01. The fourth-order valence-corrected chi connectivity index (χ4v) is 2.39. The Labute approximate surface area is 99.4 Å². The highest BCUT2D eigenvalue weighted by atomic mass is 16.2. The fraction of sp³-hybridized carbons (Fsp3) is 0.385. The minimum atomic E-state index is -0.332. The molecule has 88 valence electrons. The third kappa shape index (κ3) is 2.08. The molecular formula is C13H14N2O2. The third-order valence-electron chi connectivity index (χ3n) is 3.40. The Morgan fingerprint density at radius 3 is 2.59 bits per heavy atom. The van der Waals surface area contributed by atoms with Gasteiger partial charge >= 0.3 is 0 Å². The zero-order valence-electron chi connectivity index (χ0n) is 9.35. The molecule has 2 N–H and O–H groups in total. The van der Waals surface area contributed by atoms with Crippen molar-refractivity contribution in [1.29, 1.82) is 0 Å². The summed E-state index contributed by atoms with van der Waals surface area (Å²) in [6.07, 6.45) is 1.32. The lowest BCUT2D eigenvalue weighted by Gasteiger charge is -2.08. The predicted molar refractivity (Wildman–Crippen MR) is 62.3 cm³/mol. The topological polar surface area (TPSA) is 58.2 Å². The summed E-state index contributed by atoms with van der Waals surface area (Å²) in [5, 5.41) is 5.56. The molecule has 4 nitrogen and oxygen atoms in total. The number of imide groups is 1. The predicted octanol–water partition coefficient (Wildman–Crippen LogP) is 0.547. The molecule has 1 saturated heterocycles. The van der Waals surface area contributed by atoms with Crippen LogP contribution in [0.2, 0.25) is 0 Å². The van der Waals surface area contributed by atoms with Crippen molar-refractivity contribution in [2.24, 2.45) is 0 Å². The van der Waals surface area contributed by atoms with Crippen molar-refractivity contribution in [2.75, 3.05) is 0 Å². The number of carbonyl (C=O) groups excluding carboxylic acids is 2. The van der Waals surface area contributed by atoms with Gasteiger partial charge in [0.2, 0.25) is 11.8 Å². The van der Waals surface area contributed by atoms with E-state index in [1.54, 1.807) is 0 Å². The van der Waals surface area contributed by atoms with E-state index in [-0.39, 0.29) is 24.3 Å². The molecule has 3 atom stereocenters. The number of benzene rings is 1. The van der Waals surface area contributed by atoms with Crippen LogP contribution in [0.25, 0.3) is 0 Å². The van der Waals surface area contributed by atoms with Crippen LogP contribution in [0.5, 0.6) is 0 Å². The molecule has 0 spiro atoms. The van der Waals surface area contributed by atoms with Gasteiger partial charge in [0, 0.05) is 12.0 Å². The average molecular weight is 230 g/mol. The normalized spacial score (nSPS) is 31.4. The standard InChI is InChI=1S/C13H14N2O2/c16-12-7-11(13(17)15-12)14-10-6-9(10)8-4-2-1-3-5-8/h1-5,9-11,14H,6-7H2,(H,15,16,17). The Hall–Kier alpha value is -1.68. The molecule has 0 bridgehead atoms. The van der Waals surface area contributed by atoms with Gasteiger partial charge in [0.15, 0.2) is 0 Å². The van der Waals surface area contributed by atoms with Gasteiger partial charge in [0.1, 0.15) is 0 Å². The Balaban J connectivity index is 1.59. The lowest BCUT2D eigenvalue weighted by Crippen LogP contribution is -2.38. The smallest absolute Gasteiger partial charge is 0.244 e. The van der Waals surface area contributed by atoms with Crippen LogP contribution in [-0.4, -0.2) is 23.9 Å². The summed E-state index contributed by atoms with van der Waals surface area (Å²) < 4.78 is 0. The van der Waals surface area contributed by atoms with E-state index in [2.05, 4.69) is 22.8 Å². The van der Waals surface area contributed by atoms with E-state index in [1.807, 2.05) is 18.2 Å². The van der Waals surface area contributed by atoms with E-state index in [0.717, 1.165) is 6.42 Å². The first-order valence-electron chi connectivity index (χ1n) is 5.89. The molecule has 0 radical (unpaired) electrons. The first kappa shape index (κ1) is 10.5. The second kappa shape index (κ2) is 3.96. The molecule has 2 amide bonds. The highest BCUT2D eigenvalue weighted by Crippen LogP contribution is 2.41. The minimum absolute atomic E-state index is 0.176. The molecule has 2 fully saturated rings. The van der Waals surface area contributed by atoms with E-state index in [0.29, 0.717) is 12.0 Å². The van der Waals surface area contributed by atoms with Crippen molar-refractivity contribution in [3.63, 3.8) is 0 Å². The number of hydrogen-bond donors (Lipinski definition) is 2. The third-order valence-corrected chi connectivity index (χ3v) is 3.40. The first-order valence-corrected chi connectivity index (χ1v) is 5.89. The van der Waals surface area contributed by atoms with Crippen LogP contribution in [-0.2, 0) is 9.59 Å². The maximum Gasteiger partial charge on any atom is 0.244 e. The highest BCUT2D eigenvalue weighted by molar-refractivity contribution is 6.05. The van der Waals surface area contributed by atoms with E-state index in [9.17, 15) is 9.59 Å². The summed E-state index contributed by atoms with van der Waals surface area (Å²) in [7, 11) is 0. The number of carbonyl (C=O) groups is 2. The molecule has 1 heterocycles. The van der Waals surface area contributed by atoms with Gasteiger partial charge in [-0.15, -0.1) is 0 Å². The second-order valence-electron chi connectivity index (χ2n) is 4.70. The van der Waals surface area contributed by atoms with Crippen molar-refractivity contribution in [2.45, 2.75) is 30.8 Å². The van der Waals surface area contributed by atoms with Crippen molar-refractivity contribution < 1.29 is 9.59 Å². The van der Waals surface area contributed by atoms with Crippen LogP contribution in [0.1, 0.15) is 24.3 Å². The summed E-state index contributed by atoms with van der Waals surface area (Å²) in [4.78, 5) is 22.4. The molecule has 1 aliphatic carbocycles. The van der Waals surface area contributed by atoms with Gasteiger partial charge in [-0.25, -0.2) is 0 Å². The molecule has 0 aromatic heterocycles. The molecule has 3 rings (SSSR count). The highest BCUT2D eigenvalue weighted by Gasteiger charge is 2.42. The van der Waals surface area contributed by atoms with Crippen molar-refractivity contribution in [3.8, 4) is 0 Å². The monoisotopic (exact) mass is 230 g/mol. The van der Waals surface area contributed by atoms with Crippen molar-refractivity contribution >= 4 is 11.8 Å². The Morgan fingerprint density at radius 2 is 1.94 bits per heavy atom. The van der Waals surface area contributed by atoms with E-state index in [1.165, 1.54) is 5.56 Å². The quantitative estimate of drug-likeness (QED) is 0.745. The van der Waals surface area contributed by atoms with Crippen molar-refractivity contribution in [1.82, 2.24) is 10.6 Å². The number of hydrogen-bond acceptors (Lipinski definition) is 3. The SMILES string of the molecule is O=C1CC(NC2CC2c2ccccc2)C(=O)N1. The number of amides is 2. The summed E-state index contributed by atoms with van der Waals surface area (Å²) >= 11 is 0. The maximum absolute atomic E-state index is 11.4. The Bertz CT molecular complexity index is 458. The number of nitrogens with one attached hydrogen (secondary N) is 2. The lowest BCUT2D eigenvalue weighted by molar-refractivity contribution is -0.125. The molecule has 17 heavy (non-hydrogen) atoms. The number of rotatable bonds is 3. The molecular weight excluding hydrogens is 216 g/mol. The van der Waals surface area contributed by atoms with Crippen LogP contribution in [0.4, 0.5) is 0 Å². The molecule has 1 saturated carbocycles. The van der Waals surface area contributed by atoms with Crippen LogP contribution < -0.4 is 10.6 Å². The van der Waals surface area contributed by atoms with E-state index >= 15 is 0 Å². The molecule has 1 aromatic rings. The molecule has 2 aliphatic rings. The van der Waals surface area contributed by atoms with Gasteiger partial charge in [0.25, 0.3) is 0 Å². The zero-order chi connectivity index (χ0) is 11.8. The van der Waals surface area contributed by atoms with Crippen molar-refractivity contribution in [3.05, 3.63) is 35.9 Å². The summed E-state index contributed by atoms with van der Waals surface area (Å²) in [6.45, 7) is 0. The first-order chi connectivity index (χ1) is 8.24. The van der Waals surface area contributed by atoms with Gasteiger partial charge < -0.3 is 5.32 Å². The van der Waals surface area contributed by atoms with E-state index in [4.69, 9.17) is 0 Å². The molecule has 3 unspecified atom stereocenters. The summed E-state index contributed by atoms with van der Waals surface area (Å²) in [5.74, 6) is 0.123. The summed E-state index contributed by atoms with van der Waals surface area (Å²) in [6, 6.07) is 10.3. The molecule has 1 aromatic carbocycles. The molecule has 1 aliphatic heterocycles. The fourth-order valence-electron chi connectivity index (χ4n) is 2.39. The van der Waals surface area contributed by atoms with E-state index < -0.39 is 0 Å². The largest absolute Gasteiger partial charge is 0.302 e. The van der Waals surface area contributed by atoms with Gasteiger partial charge in [-0.3, -0.25) is 14.9 Å². The van der Waals surface area contributed by atoms with Crippen LogP contribution >= 0.6 is 0 Å². The van der Waals surface area contributed by atoms with Gasteiger partial charge in [-0.1, -0.05) is 30.3 Å². The molecule has 4 heteroatoms. The lowest BCUT2D eigenvalue weighted by atomic mass is 10.1. The summed E-state index contributed by atoms with van der Waals surface area (Å²) in [5.41, 5.74) is 1.30. The van der Waals surface area contributed by atoms with Gasteiger partial charge in [-0.05, 0) is 12.0 Å². The second-order valence-corrected chi connectivity index (χ2v) is 4.70. The van der Waals surface area contributed by atoms with Crippen LogP contribution in [0.15, 0.2) is 30.3 Å². The Kier molecular flexibility index (Phi) is 2.44. The minimum Gasteiger partial charge on any atom is -0.302 e. The van der Waals surface area contributed by atoms with Crippen LogP contribution in [0, 0.1) is 0 Å². The zero-order valence-corrected chi connectivity index (χ0v) is 9.35. The van der Waals surface area contributed by atoms with Gasteiger partial charge in [-0.2, -0.15) is 0 Å².